The Morgan fingerprint density at radius 2 is 1.83 bits per heavy atom. The summed E-state index contributed by atoms with van der Waals surface area (Å²) in [5.74, 6) is 1.56. The quantitative estimate of drug-likeness (QED) is 0.195. The maximum absolute atomic E-state index is 12.9. The number of nitrogens with one attached hydrogen (secondary N) is 2. The highest BCUT2D eigenvalue weighted by atomic mass is 19.4. The van der Waals surface area contributed by atoms with Crippen molar-refractivity contribution in [3.05, 3.63) is 49.2 Å². The first-order chi connectivity index (χ1) is 20.1. The molecule has 0 aromatic carbocycles. The summed E-state index contributed by atoms with van der Waals surface area (Å²) in [6, 6.07) is 5.02. The molecule has 1 saturated carbocycles. The zero-order valence-electron chi connectivity index (χ0n) is 22.5. The van der Waals surface area contributed by atoms with Gasteiger partial charge in [-0.2, -0.15) is 23.4 Å². The van der Waals surface area contributed by atoms with Crippen LogP contribution < -0.4 is 10.6 Å². The molecule has 42 heavy (non-hydrogen) atoms. The Morgan fingerprint density at radius 1 is 1.02 bits per heavy atom. The minimum atomic E-state index is -4.40. The number of hydrogen-bond donors (Lipinski definition) is 3. The van der Waals surface area contributed by atoms with E-state index in [1.807, 2.05) is 0 Å². The summed E-state index contributed by atoms with van der Waals surface area (Å²) in [5, 5.41) is 24.0. The van der Waals surface area contributed by atoms with Crippen molar-refractivity contribution in [3.63, 3.8) is 0 Å². The van der Waals surface area contributed by atoms with Crippen molar-refractivity contribution in [3.8, 4) is 22.6 Å². The summed E-state index contributed by atoms with van der Waals surface area (Å²) in [5.41, 5.74) is 2.02. The zero-order valence-corrected chi connectivity index (χ0v) is 22.5. The maximum atomic E-state index is 12.9. The van der Waals surface area contributed by atoms with Crippen LogP contribution in [0.15, 0.2) is 49.2 Å². The highest BCUT2D eigenvalue weighted by Gasteiger charge is 2.29. The number of aliphatic hydroxyl groups excluding tert-OH is 1. The van der Waals surface area contributed by atoms with Gasteiger partial charge in [0.2, 0.25) is 0 Å². The summed E-state index contributed by atoms with van der Waals surface area (Å²) in [4.78, 5) is 13.1. The van der Waals surface area contributed by atoms with Gasteiger partial charge in [0.1, 0.15) is 24.7 Å². The lowest BCUT2D eigenvalue weighted by atomic mass is 9.84. The molecule has 1 aliphatic rings. The SMILES string of the molecule is OCCC1CCC(Nc2cc(Nc3ccnc(-c4cnn(CC(F)F)c4)n3)ncc2-c2ccn(CC(F)(F)F)n2)CC1. The number of pyridine rings is 1. The number of anilines is 3. The van der Waals surface area contributed by atoms with Gasteiger partial charge in [-0.1, -0.05) is 0 Å². The van der Waals surface area contributed by atoms with Crippen LogP contribution in [0.1, 0.15) is 32.1 Å². The molecule has 0 unspecified atom stereocenters. The molecule has 3 N–H and O–H groups in total. The second kappa shape index (κ2) is 12.8. The first-order valence-electron chi connectivity index (χ1n) is 13.5. The molecule has 10 nitrogen and oxygen atoms in total. The van der Waals surface area contributed by atoms with E-state index in [1.54, 1.807) is 18.3 Å². The lowest BCUT2D eigenvalue weighted by molar-refractivity contribution is -0.142. The van der Waals surface area contributed by atoms with E-state index in [2.05, 4.69) is 35.8 Å². The van der Waals surface area contributed by atoms with Gasteiger partial charge < -0.3 is 15.7 Å². The van der Waals surface area contributed by atoms with E-state index in [9.17, 15) is 27.1 Å². The lowest BCUT2D eigenvalue weighted by Gasteiger charge is -2.30. The van der Waals surface area contributed by atoms with Crippen molar-refractivity contribution in [2.75, 3.05) is 17.2 Å². The summed E-state index contributed by atoms with van der Waals surface area (Å²) in [6.45, 7) is -1.58. The van der Waals surface area contributed by atoms with E-state index in [0.29, 0.717) is 40.1 Å². The predicted octanol–water partition coefficient (Wildman–Crippen LogP) is 5.52. The lowest BCUT2D eigenvalue weighted by Crippen LogP contribution is -2.26. The van der Waals surface area contributed by atoms with Crippen molar-refractivity contribution in [1.29, 1.82) is 0 Å². The highest BCUT2D eigenvalue weighted by molar-refractivity contribution is 5.78. The van der Waals surface area contributed by atoms with Crippen molar-refractivity contribution in [2.45, 2.75) is 63.8 Å². The Labute approximate surface area is 238 Å². The van der Waals surface area contributed by atoms with Crippen LogP contribution in [0.25, 0.3) is 22.6 Å². The number of aromatic nitrogens is 7. The molecule has 4 aromatic rings. The maximum Gasteiger partial charge on any atom is 0.408 e. The second-order valence-electron chi connectivity index (χ2n) is 10.2. The van der Waals surface area contributed by atoms with Crippen molar-refractivity contribution >= 4 is 17.3 Å². The highest BCUT2D eigenvalue weighted by Crippen LogP contribution is 2.34. The van der Waals surface area contributed by atoms with Gasteiger partial charge in [-0.15, -0.1) is 0 Å². The fourth-order valence-corrected chi connectivity index (χ4v) is 5.04. The van der Waals surface area contributed by atoms with E-state index < -0.39 is 25.7 Å². The van der Waals surface area contributed by atoms with Crippen LogP contribution in [0, 0.1) is 5.92 Å². The van der Waals surface area contributed by atoms with Gasteiger partial charge in [-0.05, 0) is 50.2 Å². The molecule has 4 aromatic heterocycles. The van der Waals surface area contributed by atoms with Gasteiger partial charge in [0.05, 0.1) is 17.5 Å². The largest absolute Gasteiger partial charge is 0.408 e. The van der Waals surface area contributed by atoms with E-state index in [0.717, 1.165) is 41.5 Å². The number of rotatable bonds is 11. The normalized spacial score (nSPS) is 17.5. The summed E-state index contributed by atoms with van der Waals surface area (Å²) in [6.07, 6.45) is 4.69. The summed E-state index contributed by atoms with van der Waals surface area (Å²) in [7, 11) is 0. The van der Waals surface area contributed by atoms with Crippen LogP contribution in [0.4, 0.5) is 39.3 Å². The monoisotopic (exact) mass is 591 g/mol. The smallest absolute Gasteiger partial charge is 0.396 e. The van der Waals surface area contributed by atoms with Crippen LogP contribution in [-0.2, 0) is 13.1 Å². The van der Waals surface area contributed by atoms with Gasteiger partial charge in [-0.3, -0.25) is 9.36 Å². The number of hydrogen-bond acceptors (Lipinski definition) is 8. The van der Waals surface area contributed by atoms with Gasteiger partial charge in [0.25, 0.3) is 6.43 Å². The Bertz CT molecular complexity index is 1460. The van der Waals surface area contributed by atoms with Crippen LogP contribution in [0.3, 0.4) is 0 Å². The van der Waals surface area contributed by atoms with Crippen molar-refractivity contribution in [1.82, 2.24) is 34.5 Å². The molecular formula is C27H30F5N9O. The Balaban J connectivity index is 1.38. The topological polar surface area (TPSA) is 119 Å². The molecule has 0 radical (unpaired) electrons. The molecule has 1 aliphatic carbocycles. The van der Waals surface area contributed by atoms with Crippen molar-refractivity contribution < 1.29 is 27.1 Å². The van der Waals surface area contributed by atoms with Gasteiger partial charge in [-0.25, -0.2) is 23.7 Å². The summed E-state index contributed by atoms with van der Waals surface area (Å²) < 4.78 is 66.1. The standard InChI is InChI=1S/C27H30F5N9O/c28-23(29)15-41-14-18(12-35-41)26-33-8-5-24(38-26)37-25-11-22(36-19-3-1-17(2-4-19)7-10-42)20(13-34-25)21-6-9-40(39-21)16-27(30,31)32/h5-6,8-9,11-14,17,19,23,42H,1-4,7,10,15-16H2,(H2,33,34,36,37,38). The third-order valence-corrected chi connectivity index (χ3v) is 7.03. The molecule has 0 atom stereocenters. The minimum Gasteiger partial charge on any atom is -0.396 e. The molecule has 0 amide bonds. The molecule has 0 spiro atoms. The Kier molecular flexibility index (Phi) is 8.94. The molecule has 5 rings (SSSR count). The Morgan fingerprint density at radius 3 is 2.57 bits per heavy atom. The van der Waals surface area contributed by atoms with E-state index in [1.165, 1.54) is 30.9 Å². The molecule has 4 heterocycles. The van der Waals surface area contributed by atoms with Crippen molar-refractivity contribution in [2.24, 2.45) is 5.92 Å². The third-order valence-electron chi connectivity index (χ3n) is 7.03. The number of aliphatic hydroxyl groups is 1. The van der Waals surface area contributed by atoms with Crippen LogP contribution in [0.5, 0.6) is 0 Å². The summed E-state index contributed by atoms with van der Waals surface area (Å²) >= 11 is 0. The first kappa shape index (κ1) is 29.4. The van der Waals surface area contributed by atoms with Crippen LogP contribution in [0.2, 0.25) is 0 Å². The molecule has 0 aliphatic heterocycles. The third kappa shape index (κ3) is 7.78. The molecule has 0 saturated heterocycles. The van der Waals surface area contributed by atoms with E-state index in [-0.39, 0.29) is 18.5 Å². The molecule has 224 valence electrons. The number of halogens is 5. The predicted molar refractivity (Wildman–Crippen MR) is 145 cm³/mol. The van der Waals surface area contributed by atoms with Crippen LogP contribution >= 0.6 is 0 Å². The fraction of sp³-hybridized carbons (Fsp3) is 0.444. The van der Waals surface area contributed by atoms with Gasteiger partial charge in [0, 0.05) is 54.8 Å². The fourth-order valence-electron chi connectivity index (χ4n) is 5.04. The molecule has 1 fully saturated rings. The number of alkyl halides is 5. The minimum absolute atomic E-state index is 0.127. The Hall–Kier alpha value is -4.14. The van der Waals surface area contributed by atoms with E-state index in [4.69, 9.17) is 0 Å². The van der Waals surface area contributed by atoms with Crippen LogP contribution in [-0.4, -0.2) is 64.9 Å². The molecule has 0 bridgehead atoms. The van der Waals surface area contributed by atoms with Gasteiger partial charge in [0.15, 0.2) is 5.82 Å². The van der Waals surface area contributed by atoms with E-state index >= 15 is 0 Å². The average molecular weight is 592 g/mol. The molecular weight excluding hydrogens is 561 g/mol. The number of nitrogens with zero attached hydrogens (tertiary/aromatic N) is 7. The average Bonchev–Trinajstić information content (AvgIpc) is 3.59. The molecule has 15 heteroatoms. The van der Waals surface area contributed by atoms with Gasteiger partial charge >= 0.3 is 6.18 Å². The zero-order chi connectivity index (χ0) is 29.7. The second-order valence-corrected chi connectivity index (χ2v) is 10.2. The first-order valence-corrected chi connectivity index (χ1v) is 13.5.